The van der Waals surface area contributed by atoms with Gasteiger partial charge in [0.25, 0.3) is 5.91 Å². The van der Waals surface area contributed by atoms with Crippen molar-refractivity contribution in [2.75, 3.05) is 4.90 Å². The molecule has 0 aliphatic carbocycles. The monoisotopic (exact) mass is 317 g/mol. The number of halogens is 1. The Bertz CT molecular complexity index is 750. The number of aromatic nitrogens is 1. The minimum atomic E-state index is -0.645. The number of imide groups is 1. The Morgan fingerprint density at radius 3 is 2.43 bits per heavy atom. The first-order chi connectivity index (χ1) is 10.9. The molecule has 0 saturated carbocycles. The van der Waals surface area contributed by atoms with Crippen molar-refractivity contribution < 1.29 is 18.5 Å². The maximum atomic E-state index is 13.1. The number of anilines is 1. The van der Waals surface area contributed by atoms with Gasteiger partial charge in [0, 0.05) is 11.3 Å². The van der Waals surface area contributed by atoms with Crippen molar-refractivity contribution in [1.29, 1.82) is 0 Å². The van der Waals surface area contributed by atoms with Crippen LogP contribution in [0.4, 0.5) is 14.9 Å². The van der Waals surface area contributed by atoms with E-state index in [1.54, 1.807) is 20.8 Å². The first kappa shape index (κ1) is 15.2. The van der Waals surface area contributed by atoms with Crippen LogP contribution in [0.2, 0.25) is 0 Å². The average Bonchev–Trinajstić information content (AvgIpc) is 2.94. The number of amides is 3. The molecule has 1 aliphatic rings. The highest BCUT2D eigenvalue weighted by Crippen LogP contribution is 2.28. The van der Waals surface area contributed by atoms with Crippen molar-refractivity contribution in [2.45, 2.75) is 33.4 Å². The summed E-state index contributed by atoms with van der Waals surface area (Å²) in [7, 11) is 0. The molecule has 7 heteroatoms. The van der Waals surface area contributed by atoms with E-state index < -0.39 is 17.9 Å². The Balaban J connectivity index is 1.90. The molecule has 0 spiro atoms. The third-order valence-electron chi connectivity index (χ3n) is 4.05. The number of carbonyl (C=O) groups is 2. The van der Waals surface area contributed by atoms with Crippen LogP contribution >= 0.6 is 0 Å². The molecule has 120 valence electrons. The maximum absolute atomic E-state index is 13.1. The highest BCUT2D eigenvalue weighted by atomic mass is 19.1. The molecule has 3 rings (SSSR count). The smallest absolute Gasteiger partial charge is 0.332 e. The maximum Gasteiger partial charge on any atom is 0.332 e. The quantitative estimate of drug-likeness (QED) is 0.816. The third-order valence-corrected chi connectivity index (χ3v) is 4.05. The topological polar surface area (TPSA) is 66.7 Å². The summed E-state index contributed by atoms with van der Waals surface area (Å²) in [5.74, 6) is -0.123. The number of nitrogens with zero attached hydrogens (tertiary/aromatic N) is 3. The zero-order valence-electron chi connectivity index (χ0n) is 13.0. The Morgan fingerprint density at radius 2 is 1.87 bits per heavy atom. The van der Waals surface area contributed by atoms with Gasteiger partial charge >= 0.3 is 6.03 Å². The number of urea groups is 1. The van der Waals surface area contributed by atoms with Crippen LogP contribution < -0.4 is 4.90 Å². The van der Waals surface area contributed by atoms with Crippen molar-refractivity contribution in [3.05, 3.63) is 47.1 Å². The van der Waals surface area contributed by atoms with E-state index in [0.717, 1.165) is 5.56 Å². The van der Waals surface area contributed by atoms with Crippen LogP contribution in [0.1, 0.15) is 23.9 Å². The Hall–Kier alpha value is -2.70. The summed E-state index contributed by atoms with van der Waals surface area (Å²) in [5.41, 5.74) is 1.86. The molecule has 1 aromatic heterocycles. The summed E-state index contributed by atoms with van der Waals surface area (Å²) in [6.45, 7) is 5.26. The molecule has 2 aromatic rings. The van der Waals surface area contributed by atoms with Gasteiger partial charge < -0.3 is 4.52 Å². The molecular weight excluding hydrogens is 301 g/mol. The molecule has 1 unspecified atom stereocenters. The molecule has 1 fully saturated rings. The predicted octanol–water partition coefficient (Wildman–Crippen LogP) is 2.79. The number of carbonyl (C=O) groups excluding carboxylic acids is 2. The van der Waals surface area contributed by atoms with Crippen LogP contribution in [-0.2, 0) is 11.3 Å². The lowest BCUT2D eigenvalue weighted by Gasteiger charge is -2.19. The fourth-order valence-electron chi connectivity index (χ4n) is 2.69. The van der Waals surface area contributed by atoms with E-state index in [-0.39, 0.29) is 12.5 Å². The van der Waals surface area contributed by atoms with Crippen molar-refractivity contribution in [3.63, 3.8) is 0 Å². The van der Waals surface area contributed by atoms with E-state index in [2.05, 4.69) is 5.16 Å². The van der Waals surface area contributed by atoms with Gasteiger partial charge in [0.15, 0.2) is 0 Å². The second-order valence-electron chi connectivity index (χ2n) is 5.53. The van der Waals surface area contributed by atoms with Crippen LogP contribution in [0, 0.1) is 19.7 Å². The molecule has 3 amide bonds. The number of hydrogen-bond acceptors (Lipinski definition) is 4. The third kappa shape index (κ3) is 2.48. The fraction of sp³-hybridized carbons (Fsp3) is 0.312. The second kappa shape index (κ2) is 5.49. The van der Waals surface area contributed by atoms with Gasteiger partial charge in [-0.2, -0.15) is 0 Å². The number of aryl methyl sites for hydroxylation is 2. The SMILES string of the molecule is Cc1noc(C)c1CN1C(=O)C(C)N(c2ccc(F)cc2)C1=O. The number of hydrogen-bond donors (Lipinski definition) is 0. The highest BCUT2D eigenvalue weighted by Gasteiger charge is 2.43. The Kier molecular flexibility index (Phi) is 3.63. The first-order valence-electron chi connectivity index (χ1n) is 7.22. The van der Waals surface area contributed by atoms with Gasteiger partial charge in [-0.3, -0.25) is 14.6 Å². The second-order valence-corrected chi connectivity index (χ2v) is 5.53. The lowest BCUT2D eigenvalue weighted by molar-refractivity contribution is -0.127. The molecule has 6 nitrogen and oxygen atoms in total. The van der Waals surface area contributed by atoms with Crippen molar-refractivity contribution in [3.8, 4) is 0 Å². The normalized spacial score (nSPS) is 18.2. The van der Waals surface area contributed by atoms with Crippen LogP contribution in [0.25, 0.3) is 0 Å². The predicted molar refractivity (Wildman–Crippen MR) is 80.3 cm³/mol. The van der Waals surface area contributed by atoms with E-state index in [1.165, 1.54) is 34.1 Å². The molecule has 0 bridgehead atoms. The van der Waals surface area contributed by atoms with Crippen LogP contribution in [0.15, 0.2) is 28.8 Å². The van der Waals surface area contributed by atoms with Crippen LogP contribution in [-0.4, -0.2) is 28.0 Å². The molecule has 23 heavy (non-hydrogen) atoms. The largest absolute Gasteiger partial charge is 0.361 e. The van der Waals surface area contributed by atoms with E-state index in [0.29, 0.717) is 17.1 Å². The van der Waals surface area contributed by atoms with Gasteiger partial charge in [-0.25, -0.2) is 9.18 Å². The summed E-state index contributed by atoms with van der Waals surface area (Å²) in [5, 5.41) is 3.83. The molecule has 1 aliphatic heterocycles. The van der Waals surface area contributed by atoms with Gasteiger partial charge in [-0.15, -0.1) is 0 Å². The minimum Gasteiger partial charge on any atom is -0.361 e. The highest BCUT2D eigenvalue weighted by molar-refractivity contribution is 6.13. The molecular formula is C16H16FN3O3. The Labute approximate surface area is 132 Å². The minimum absolute atomic E-state index is 0.112. The fourth-order valence-corrected chi connectivity index (χ4v) is 2.69. The Morgan fingerprint density at radius 1 is 1.22 bits per heavy atom. The molecule has 0 radical (unpaired) electrons. The van der Waals surface area contributed by atoms with Gasteiger partial charge in [-0.1, -0.05) is 5.16 Å². The summed E-state index contributed by atoms with van der Waals surface area (Å²) < 4.78 is 18.1. The number of rotatable bonds is 3. The zero-order valence-corrected chi connectivity index (χ0v) is 13.0. The van der Waals surface area contributed by atoms with Gasteiger partial charge in [0.1, 0.15) is 17.6 Å². The van der Waals surface area contributed by atoms with Gasteiger partial charge in [0.2, 0.25) is 0 Å². The van der Waals surface area contributed by atoms with Crippen LogP contribution in [0.3, 0.4) is 0 Å². The summed E-state index contributed by atoms with van der Waals surface area (Å²) in [4.78, 5) is 27.6. The lowest BCUT2D eigenvalue weighted by atomic mass is 10.2. The first-order valence-corrected chi connectivity index (χ1v) is 7.22. The van der Waals surface area contributed by atoms with Gasteiger partial charge in [-0.05, 0) is 45.0 Å². The van der Waals surface area contributed by atoms with Crippen molar-refractivity contribution >= 4 is 17.6 Å². The summed E-state index contributed by atoms with van der Waals surface area (Å²) in [6, 6.07) is 4.41. The summed E-state index contributed by atoms with van der Waals surface area (Å²) >= 11 is 0. The number of benzene rings is 1. The average molecular weight is 317 g/mol. The molecule has 1 atom stereocenters. The zero-order chi connectivity index (χ0) is 16.7. The molecule has 1 saturated heterocycles. The van der Waals surface area contributed by atoms with Crippen molar-refractivity contribution in [2.24, 2.45) is 0 Å². The van der Waals surface area contributed by atoms with E-state index in [9.17, 15) is 14.0 Å². The molecule has 2 heterocycles. The molecule has 1 aromatic carbocycles. The van der Waals surface area contributed by atoms with Gasteiger partial charge in [0.05, 0.1) is 12.2 Å². The van der Waals surface area contributed by atoms with Crippen LogP contribution in [0.5, 0.6) is 0 Å². The van der Waals surface area contributed by atoms with Crippen molar-refractivity contribution in [1.82, 2.24) is 10.1 Å². The molecule has 0 N–H and O–H groups in total. The lowest BCUT2D eigenvalue weighted by Crippen LogP contribution is -2.33. The van der Waals surface area contributed by atoms with E-state index >= 15 is 0 Å². The van der Waals surface area contributed by atoms with E-state index in [4.69, 9.17) is 4.52 Å². The standard InChI is InChI=1S/C16H16FN3O3/c1-9-14(11(3)23-18-9)8-19-15(21)10(2)20(16(19)22)13-6-4-12(17)5-7-13/h4-7,10H,8H2,1-3H3. The summed E-state index contributed by atoms with van der Waals surface area (Å²) in [6.07, 6.45) is 0. The van der Waals surface area contributed by atoms with E-state index in [1.807, 2.05) is 0 Å².